The van der Waals surface area contributed by atoms with E-state index in [1.165, 1.54) is 12.8 Å². The highest BCUT2D eigenvalue weighted by Crippen LogP contribution is 2.33. The molecule has 0 bridgehead atoms. The van der Waals surface area contributed by atoms with Gasteiger partial charge in [-0.1, -0.05) is 25.8 Å². The van der Waals surface area contributed by atoms with Crippen LogP contribution in [0, 0.1) is 11.8 Å². The first-order valence-corrected chi connectivity index (χ1v) is 6.00. The van der Waals surface area contributed by atoms with Crippen LogP contribution in [0.25, 0.3) is 0 Å². The van der Waals surface area contributed by atoms with Crippen LogP contribution in [0.15, 0.2) is 11.6 Å². The zero-order chi connectivity index (χ0) is 11.4. The minimum Gasteiger partial charge on any atom is -0.350 e. The summed E-state index contributed by atoms with van der Waals surface area (Å²) in [7, 11) is 0. The largest absolute Gasteiger partial charge is 0.350 e. The van der Waals surface area contributed by atoms with Crippen molar-refractivity contribution in [2.24, 2.45) is 11.8 Å². The Kier molecular flexibility index (Phi) is 4.37. The maximum Gasteiger partial charge on any atom is 0.244 e. The van der Waals surface area contributed by atoms with Crippen LogP contribution in [0.2, 0.25) is 0 Å². The Morgan fingerprint density at radius 3 is 2.53 bits per heavy atom. The van der Waals surface area contributed by atoms with Crippen LogP contribution in [0.4, 0.5) is 0 Å². The van der Waals surface area contributed by atoms with Crippen molar-refractivity contribution < 1.29 is 4.79 Å². The molecule has 0 saturated heterocycles. The highest BCUT2D eigenvalue weighted by atomic mass is 16.1. The average molecular weight is 209 g/mol. The minimum atomic E-state index is 0.0728. The fraction of sp³-hybridized carbons (Fsp3) is 0.769. The fourth-order valence-corrected chi connectivity index (χ4v) is 2.51. The van der Waals surface area contributed by atoms with E-state index >= 15 is 0 Å². The molecule has 0 aromatic rings. The van der Waals surface area contributed by atoms with Gasteiger partial charge in [0, 0.05) is 12.1 Å². The molecule has 1 fully saturated rings. The molecule has 0 heterocycles. The molecule has 1 saturated carbocycles. The summed E-state index contributed by atoms with van der Waals surface area (Å²) in [6, 6.07) is 0.387. The van der Waals surface area contributed by atoms with E-state index in [2.05, 4.69) is 19.2 Å². The maximum atomic E-state index is 11.6. The predicted molar refractivity (Wildman–Crippen MR) is 63.5 cm³/mol. The molecule has 1 amide bonds. The van der Waals surface area contributed by atoms with Crippen LogP contribution in [0.1, 0.15) is 47.0 Å². The molecule has 0 radical (unpaired) electrons. The second kappa shape index (κ2) is 5.34. The van der Waals surface area contributed by atoms with Crippen molar-refractivity contribution in [3.8, 4) is 0 Å². The van der Waals surface area contributed by atoms with Crippen molar-refractivity contribution in [2.45, 2.75) is 53.0 Å². The van der Waals surface area contributed by atoms with E-state index in [-0.39, 0.29) is 5.91 Å². The molecule has 86 valence electrons. The first-order chi connectivity index (χ1) is 7.04. The van der Waals surface area contributed by atoms with E-state index in [4.69, 9.17) is 0 Å². The standard InChI is InChI=1S/C13H23NO/c1-5-11-6-7-12(10(11)4)14-13(15)8-9(2)3/h8,10-12H,5-7H2,1-4H3,(H,14,15). The molecule has 1 aliphatic carbocycles. The minimum absolute atomic E-state index is 0.0728. The molecule has 0 aromatic heterocycles. The van der Waals surface area contributed by atoms with Gasteiger partial charge in [-0.3, -0.25) is 4.79 Å². The van der Waals surface area contributed by atoms with Crippen molar-refractivity contribution in [3.05, 3.63) is 11.6 Å². The fourth-order valence-electron chi connectivity index (χ4n) is 2.51. The lowest BCUT2D eigenvalue weighted by Gasteiger charge is -2.20. The predicted octanol–water partition coefficient (Wildman–Crippen LogP) is 2.89. The van der Waals surface area contributed by atoms with Gasteiger partial charge in [-0.2, -0.15) is 0 Å². The number of nitrogens with one attached hydrogen (secondary N) is 1. The maximum absolute atomic E-state index is 11.6. The molecule has 2 heteroatoms. The van der Waals surface area contributed by atoms with E-state index in [1.807, 2.05) is 13.8 Å². The Morgan fingerprint density at radius 1 is 1.40 bits per heavy atom. The first-order valence-electron chi connectivity index (χ1n) is 6.00. The van der Waals surface area contributed by atoms with Gasteiger partial charge in [-0.05, 0) is 38.5 Å². The van der Waals surface area contributed by atoms with Crippen molar-refractivity contribution >= 4 is 5.91 Å². The van der Waals surface area contributed by atoms with Gasteiger partial charge in [0.1, 0.15) is 0 Å². The van der Waals surface area contributed by atoms with Gasteiger partial charge in [0.25, 0.3) is 0 Å². The molecule has 0 aromatic carbocycles. The number of hydrogen-bond donors (Lipinski definition) is 1. The van der Waals surface area contributed by atoms with E-state index in [1.54, 1.807) is 6.08 Å². The molecular formula is C13H23NO. The summed E-state index contributed by atoms with van der Waals surface area (Å²) < 4.78 is 0. The normalized spacial score (nSPS) is 30.0. The second-order valence-corrected chi connectivity index (χ2v) is 4.94. The first kappa shape index (κ1) is 12.3. The quantitative estimate of drug-likeness (QED) is 0.711. The van der Waals surface area contributed by atoms with Gasteiger partial charge in [0.05, 0.1) is 0 Å². The molecule has 1 rings (SSSR count). The zero-order valence-corrected chi connectivity index (χ0v) is 10.3. The Labute approximate surface area is 93.1 Å². The number of carbonyl (C=O) groups excluding carboxylic acids is 1. The third-order valence-corrected chi connectivity index (χ3v) is 3.50. The van der Waals surface area contributed by atoms with Gasteiger partial charge >= 0.3 is 0 Å². The summed E-state index contributed by atoms with van der Waals surface area (Å²) in [5.74, 6) is 1.50. The highest BCUT2D eigenvalue weighted by Gasteiger charge is 2.31. The SMILES string of the molecule is CCC1CCC(NC(=O)C=C(C)C)C1C. The van der Waals surface area contributed by atoms with Crippen LogP contribution in [0.3, 0.4) is 0 Å². The van der Waals surface area contributed by atoms with Gasteiger partial charge in [0.2, 0.25) is 5.91 Å². The lowest BCUT2D eigenvalue weighted by Crippen LogP contribution is -2.36. The summed E-state index contributed by atoms with van der Waals surface area (Å²) in [6.45, 7) is 8.40. The molecule has 1 aliphatic rings. The van der Waals surface area contributed by atoms with E-state index in [9.17, 15) is 4.79 Å². The highest BCUT2D eigenvalue weighted by molar-refractivity contribution is 5.88. The van der Waals surface area contributed by atoms with Gasteiger partial charge in [-0.25, -0.2) is 0 Å². The summed E-state index contributed by atoms with van der Waals surface area (Å²) in [5, 5.41) is 3.11. The van der Waals surface area contributed by atoms with Crippen LogP contribution in [0.5, 0.6) is 0 Å². The summed E-state index contributed by atoms with van der Waals surface area (Å²) >= 11 is 0. The average Bonchev–Trinajstić information content (AvgIpc) is 2.46. The van der Waals surface area contributed by atoms with Crippen LogP contribution in [-0.4, -0.2) is 11.9 Å². The Balaban J connectivity index is 2.47. The molecule has 0 aliphatic heterocycles. The van der Waals surface area contributed by atoms with Gasteiger partial charge in [0.15, 0.2) is 0 Å². The monoisotopic (exact) mass is 209 g/mol. The van der Waals surface area contributed by atoms with Crippen molar-refractivity contribution in [1.29, 1.82) is 0 Å². The van der Waals surface area contributed by atoms with E-state index < -0.39 is 0 Å². The smallest absolute Gasteiger partial charge is 0.244 e. The van der Waals surface area contributed by atoms with E-state index in [0.717, 1.165) is 17.9 Å². The molecule has 3 unspecified atom stereocenters. The van der Waals surface area contributed by atoms with Crippen molar-refractivity contribution in [1.82, 2.24) is 5.32 Å². The van der Waals surface area contributed by atoms with Crippen LogP contribution < -0.4 is 5.32 Å². The number of rotatable bonds is 3. The molecule has 1 N–H and O–H groups in total. The van der Waals surface area contributed by atoms with Crippen LogP contribution >= 0.6 is 0 Å². The zero-order valence-electron chi connectivity index (χ0n) is 10.3. The lowest BCUT2D eigenvalue weighted by molar-refractivity contribution is -0.117. The molecule has 15 heavy (non-hydrogen) atoms. The number of allylic oxidation sites excluding steroid dienone is 1. The lowest BCUT2D eigenvalue weighted by atomic mass is 9.93. The topological polar surface area (TPSA) is 29.1 Å². The summed E-state index contributed by atoms with van der Waals surface area (Å²) in [5.41, 5.74) is 1.06. The molecule has 2 nitrogen and oxygen atoms in total. The second-order valence-electron chi connectivity index (χ2n) is 4.94. The number of hydrogen-bond acceptors (Lipinski definition) is 1. The van der Waals surface area contributed by atoms with Gasteiger partial charge in [-0.15, -0.1) is 0 Å². The Hall–Kier alpha value is -0.790. The Morgan fingerprint density at radius 2 is 2.07 bits per heavy atom. The summed E-state index contributed by atoms with van der Waals surface area (Å²) in [6.07, 6.45) is 5.32. The molecule has 0 spiro atoms. The third-order valence-electron chi connectivity index (χ3n) is 3.50. The summed E-state index contributed by atoms with van der Waals surface area (Å²) in [4.78, 5) is 11.6. The number of carbonyl (C=O) groups is 1. The number of amides is 1. The van der Waals surface area contributed by atoms with Crippen molar-refractivity contribution in [3.63, 3.8) is 0 Å². The Bertz CT molecular complexity index is 253. The third kappa shape index (κ3) is 3.37. The van der Waals surface area contributed by atoms with Gasteiger partial charge < -0.3 is 5.32 Å². The molecular weight excluding hydrogens is 186 g/mol. The van der Waals surface area contributed by atoms with Crippen LogP contribution in [-0.2, 0) is 4.79 Å². The molecule has 3 atom stereocenters. The van der Waals surface area contributed by atoms with E-state index in [0.29, 0.717) is 12.0 Å². The van der Waals surface area contributed by atoms with Crippen molar-refractivity contribution in [2.75, 3.05) is 0 Å².